The molecule has 0 saturated heterocycles. The van der Waals surface area contributed by atoms with Crippen molar-refractivity contribution in [3.63, 3.8) is 0 Å². The zero-order chi connectivity index (χ0) is 13.0. The van der Waals surface area contributed by atoms with Crippen LogP contribution in [0.3, 0.4) is 0 Å². The standard InChI is InChI=1S/C16H17FO/c1-3-13-5-4-12(2)16(10-13)18-11-14-6-8-15(17)9-7-14/h4-10H,3,11H2,1-2H3. The van der Waals surface area contributed by atoms with Crippen LogP contribution < -0.4 is 4.74 Å². The summed E-state index contributed by atoms with van der Waals surface area (Å²) in [6, 6.07) is 12.6. The summed E-state index contributed by atoms with van der Waals surface area (Å²) in [5, 5.41) is 0. The van der Waals surface area contributed by atoms with Crippen LogP contribution in [0.15, 0.2) is 42.5 Å². The summed E-state index contributed by atoms with van der Waals surface area (Å²) in [6.07, 6.45) is 0.993. The molecule has 0 radical (unpaired) electrons. The Kier molecular flexibility index (Phi) is 3.98. The summed E-state index contributed by atoms with van der Waals surface area (Å²) >= 11 is 0. The van der Waals surface area contributed by atoms with Gasteiger partial charge in [0.25, 0.3) is 0 Å². The van der Waals surface area contributed by atoms with Gasteiger partial charge in [-0.2, -0.15) is 0 Å². The minimum Gasteiger partial charge on any atom is -0.489 e. The van der Waals surface area contributed by atoms with Gasteiger partial charge in [-0.15, -0.1) is 0 Å². The van der Waals surface area contributed by atoms with Crippen LogP contribution in [0.25, 0.3) is 0 Å². The van der Waals surface area contributed by atoms with Gasteiger partial charge in [-0.1, -0.05) is 31.2 Å². The molecule has 0 atom stereocenters. The van der Waals surface area contributed by atoms with Crippen LogP contribution in [-0.2, 0) is 13.0 Å². The third kappa shape index (κ3) is 3.10. The zero-order valence-electron chi connectivity index (χ0n) is 10.7. The van der Waals surface area contributed by atoms with Crippen LogP contribution in [0.2, 0.25) is 0 Å². The van der Waals surface area contributed by atoms with Gasteiger partial charge in [0, 0.05) is 0 Å². The van der Waals surface area contributed by atoms with Gasteiger partial charge in [-0.25, -0.2) is 4.39 Å². The molecule has 0 heterocycles. The first-order valence-electron chi connectivity index (χ1n) is 6.16. The van der Waals surface area contributed by atoms with Gasteiger partial charge < -0.3 is 4.74 Å². The van der Waals surface area contributed by atoms with Crippen LogP contribution >= 0.6 is 0 Å². The molecule has 94 valence electrons. The van der Waals surface area contributed by atoms with Crippen molar-refractivity contribution in [2.24, 2.45) is 0 Å². The number of ether oxygens (including phenoxy) is 1. The van der Waals surface area contributed by atoms with E-state index < -0.39 is 0 Å². The van der Waals surface area contributed by atoms with Crippen molar-refractivity contribution in [3.05, 3.63) is 65.0 Å². The Morgan fingerprint density at radius 3 is 2.33 bits per heavy atom. The molecule has 2 heteroatoms. The Bertz CT molecular complexity index is 517. The lowest BCUT2D eigenvalue weighted by atomic mass is 10.1. The monoisotopic (exact) mass is 244 g/mol. The summed E-state index contributed by atoms with van der Waals surface area (Å²) in [5.41, 5.74) is 3.35. The van der Waals surface area contributed by atoms with Crippen molar-refractivity contribution in [1.29, 1.82) is 0 Å². The molecule has 0 aliphatic rings. The van der Waals surface area contributed by atoms with E-state index in [0.717, 1.165) is 23.3 Å². The Hall–Kier alpha value is -1.83. The van der Waals surface area contributed by atoms with Crippen molar-refractivity contribution in [2.45, 2.75) is 26.9 Å². The first kappa shape index (κ1) is 12.6. The molecular formula is C16H17FO. The van der Waals surface area contributed by atoms with Gasteiger partial charge in [0.2, 0.25) is 0 Å². The van der Waals surface area contributed by atoms with Gasteiger partial charge >= 0.3 is 0 Å². The molecular weight excluding hydrogens is 227 g/mol. The highest BCUT2D eigenvalue weighted by atomic mass is 19.1. The second kappa shape index (κ2) is 5.67. The molecule has 1 nitrogen and oxygen atoms in total. The Balaban J connectivity index is 2.07. The molecule has 18 heavy (non-hydrogen) atoms. The average Bonchev–Trinajstić information content (AvgIpc) is 2.40. The maximum Gasteiger partial charge on any atom is 0.123 e. The summed E-state index contributed by atoms with van der Waals surface area (Å²) in [6.45, 7) is 4.61. The van der Waals surface area contributed by atoms with Crippen LogP contribution in [0, 0.1) is 12.7 Å². The number of aryl methyl sites for hydroxylation is 2. The van der Waals surface area contributed by atoms with Crippen LogP contribution in [0.5, 0.6) is 5.75 Å². The maximum absolute atomic E-state index is 12.8. The summed E-state index contributed by atoms with van der Waals surface area (Å²) in [7, 11) is 0. The molecule has 0 aliphatic heterocycles. The Morgan fingerprint density at radius 2 is 1.67 bits per heavy atom. The van der Waals surface area contributed by atoms with E-state index in [2.05, 4.69) is 25.1 Å². The van der Waals surface area contributed by atoms with E-state index in [9.17, 15) is 4.39 Å². The van der Waals surface area contributed by atoms with Crippen LogP contribution in [0.1, 0.15) is 23.6 Å². The smallest absolute Gasteiger partial charge is 0.123 e. The normalized spacial score (nSPS) is 10.4. The van der Waals surface area contributed by atoms with Gasteiger partial charge in [0.15, 0.2) is 0 Å². The first-order valence-corrected chi connectivity index (χ1v) is 6.16. The predicted octanol–water partition coefficient (Wildman–Crippen LogP) is 4.28. The Morgan fingerprint density at radius 1 is 1.00 bits per heavy atom. The van der Waals surface area contributed by atoms with E-state index in [1.165, 1.54) is 17.7 Å². The molecule has 2 aromatic rings. The van der Waals surface area contributed by atoms with E-state index in [4.69, 9.17) is 4.74 Å². The molecule has 0 unspecified atom stereocenters. The van der Waals surface area contributed by atoms with E-state index in [1.807, 2.05) is 6.92 Å². The van der Waals surface area contributed by atoms with Crippen molar-refractivity contribution in [1.82, 2.24) is 0 Å². The Labute approximate surface area is 107 Å². The van der Waals surface area contributed by atoms with Crippen molar-refractivity contribution < 1.29 is 9.13 Å². The molecule has 0 amide bonds. The molecule has 0 saturated carbocycles. The first-order chi connectivity index (χ1) is 8.69. The van der Waals surface area contributed by atoms with Crippen LogP contribution in [0.4, 0.5) is 4.39 Å². The zero-order valence-corrected chi connectivity index (χ0v) is 10.7. The molecule has 0 aromatic heterocycles. The highest BCUT2D eigenvalue weighted by Crippen LogP contribution is 2.21. The number of rotatable bonds is 4. The topological polar surface area (TPSA) is 9.23 Å². The lowest BCUT2D eigenvalue weighted by molar-refractivity contribution is 0.303. The van der Waals surface area contributed by atoms with Gasteiger partial charge in [0.1, 0.15) is 18.2 Å². The van der Waals surface area contributed by atoms with E-state index in [1.54, 1.807) is 12.1 Å². The minimum atomic E-state index is -0.220. The number of hydrogen-bond donors (Lipinski definition) is 0. The summed E-state index contributed by atoms with van der Waals surface area (Å²) < 4.78 is 18.6. The van der Waals surface area contributed by atoms with Gasteiger partial charge in [-0.3, -0.25) is 0 Å². The summed E-state index contributed by atoms with van der Waals surface area (Å²) in [5.74, 6) is 0.682. The number of halogens is 1. The third-order valence-electron chi connectivity index (χ3n) is 2.97. The predicted molar refractivity (Wildman–Crippen MR) is 71.3 cm³/mol. The average molecular weight is 244 g/mol. The molecule has 2 rings (SSSR count). The quantitative estimate of drug-likeness (QED) is 0.780. The fourth-order valence-corrected chi connectivity index (χ4v) is 1.76. The van der Waals surface area contributed by atoms with E-state index in [-0.39, 0.29) is 5.82 Å². The SMILES string of the molecule is CCc1ccc(C)c(OCc2ccc(F)cc2)c1. The third-order valence-corrected chi connectivity index (χ3v) is 2.97. The number of benzene rings is 2. The van der Waals surface area contributed by atoms with E-state index >= 15 is 0 Å². The second-order valence-electron chi connectivity index (χ2n) is 4.37. The molecule has 2 aromatic carbocycles. The van der Waals surface area contributed by atoms with Crippen LogP contribution in [-0.4, -0.2) is 0 Å². The fraction of sp³-hybridized carbons (Fsp3) is 0.250. The lowest BCUT2D eigenvalue weighted by Crippen LogP contribution is -1.98. The molecule has 0 spiro atoms. The largest absolute Gasteiger partial charge is 0.489 e. The molecule has 0 bridgehead atoms. The fourth-order valence-electron chi connectivity index (χ4n) is 1.76. The van der Waals surface area contributed by atoms with Crippen molar-refractivity contribution in [3.8, 4) is 5.75 Å². The van der Waals surface area contributed by atoms with Gasteiger partial charge in [-0.05, 0) is 48.2 Å². The highest BCUT2D eigenvalue weighted by Gasteiger charge is 2.02. The van der Waals surface area contributed by atoms with Gasteiger partial charge in [0.05, 0.1) is 0 Å². The summed E-state index contributed by atoms with van der Waals surface area (Å²) in [4.78, 5) is 0. The van der Waals surface area contributed by atoms with Crippen molar-refractivity contribution in [2.75, 3.05) is 0 Å². The maximum atomic E-state index is 12.8. The minimum absolute atomic E-state index is 0.220. The highest BCUT2D eigenvalue weighted by molar-refractivity contribution is 5.36. The molecule has 0 fully saturated rings. The molecule has 0 N–H and O–H groups in total. The van der Waals surface area contributed by atoms with E-state index in [0.29, 0.717) is 6.61 Å². The lowest BCUT2D eigenvalue weighted by Gasteiger charge is -2.10. The second-order valence-corrected chi connectivity index (χ2v) is 4.37. The number of hydrogen-bond acceptors (Lipinski definition) is 1. The van der Waals surface area contributed by atoms with Crippen molar-refractivity contribution >= 4 is 0 Å². The molecule has 0 aliphatic carbocycles.